The second-order valence-electron chi connectivity index (χ2n) is 4.26. The Labute approximate surface area is 107 Å². The fourth-order valence-corrected chi connectivity index (χ4v) is 1.77. The molecule has 1 atom stereocenters. The van der Waals surface area contributed by atoms with Gasteiger partial charge in [0.15, 0.2) is 0 Å². The summed E-state index contributed by atoms with van der Waals surface area (Å²) in [5, 5.41) is 9.49. The largest absolute Gasteiger partial charge is 0.492 e. The number of rotatable bonds is 5. The zero-order valence-electron chi connectivity index (χ0n) is 10.7. The molecule has 2 aromatic rings. The molecular weight excluding hydrogens is 228 g/mol. The number of ether oxygens (including phenoxy) is 1. The molecule has 1 aromatic heterocycles. The van der Waals surface area contributed by atoms with Crippen LogP contribution in [0, 0.1) is 6.92 Å². The van der Waals surface area contributed by atoms with Gasteiger partial charge in [-0.25, -0.2) is 4.98 Å². The Kier molecular flexibility index (Phi) is 3.99. The fourth-order valence-electron chi connectivity index (χ4n) is 1.77. The van der Waals surface area contributed by atoms with Crippen molar-refractivity contribution in [2.45, 2.75) is 26.5 Å². The van der Waals surface area contributed by atoms with Crippen LogP contribution in [0.3, 0.4) is 0 Å². The first-order chi connectivity index (χ1) is 8.66. The zero-order chi connectivity index (χ0) is 13.0. The summed E-state index contributed by atoms with van der Waals surface area (Å²) in [6, 6.07) is 7.54. The molecule has 18 heavy (non-hydrogen) atoms. The minimum Gasteiger partial charge on any atom is -0.492 e. The third kappa shape index (κ3) is 3.11. The van der Waals surface area contributed by atoms with Gasteiger partial charge in [-0.2, -0.15) is 0 Å². The molecule has 0 radical (unpaired) electrons. The highest BCUT2D eigenvalue weighted by Crippen LogP contribution is 2.18. The second-order valence-corrected chi connectivity index (χ2v) is 4.26. The summed E-state index contributed by atoms with van der Waals surface area (Å²) in [7, 11) is 0. The zero-order valence-corrected chi connectivity index (χ0v) is 10.7. The van der Waals surface area contributed by atoms with E-state index in [-0.39, 0.29) is 0 Å². The SMILES string of the molecule is Cc1nccn1CCOc1cccc(C(C)O)c1. The molecule has 0 aliphatic carbocycles. The average Bonchev–Trinajstić information content (AvgIpc) is 2.76. The standard InChI is InChI=1S/C14H18N2O2/c1-11(17)13-4-3-5-14(10-13)18-9-8-16-7-6-15-12(16)2/h3-7,10-11,17H,8-9H2,1-2H3. The lowest BCUT2D eigenvalue weighted by Crippen LogP contribution is -2.09. The average molecular weight is 246 g/mol. The van der Waals surface area contributed by atoms with Gasteiger partial charge in [0.05, 0.1) is 12.6 Å². The lowest BCUT2D eigenvalue weighted by atomic mass is 10.1. The third-order valence-corrected chi connectivity index (χ3v) is 2.87. The minimum atomic E-state index is -0.468. The van der Waals surface area contributed by atoms with Gasteiger partial charge in [-0.1, -0.05) is 12.1 Å². The van der Waals surface area contributed by atoms with Gasteiger partial charge in [-0.05, 0) is 31.5 Å². The second kappa shape index (κ2) is 5.69. The summed E-state index contributed by atoms with van der Waals surface area (Å²) in [6.07, 6.45) is 3.25. The van der Waals surface area contributed by atoms with Crippen LogP contribution in [0.4, 0.5) is 0 Å². The summed E-state index contributed by atoms with van der Waals surface area (Å²) in [5.74, 6) is 1.77. The molecule has 0 fully saturated rings. The van der Waals surface area contributed by atoms with Gasteiger partial charge in [-0.3, -0.25) is 0 Å². The van der Waals surface area contributed by atoms with Crippen LogP contribution in [-0.2, 0) is 6.54 Å². The van der Waals surface area contributed by atoms with E-state index in [1.807, 2.05) is 42.0 Å². The lowest BCUT2D eigenvalue weighted by molar-refractivity contribution is 0.198. The third-order valence-electron chi connectivity index (χ3n) is 2.87. The molecule has 0 saturated heterocycles. The molecule has 0 aliphatic heterocycles. The highest BCUT2D eigenvalue weighted by Gasteiger charge is 2.02. The van der Waals surface area contributed by atoms with E-state index in [1.165, 1.54) is 0 Å². The van der Waals surface area contributed by atoms with E-state index < -0.39 is 6.10 Å². The maximum atomic E-state index is 9.49. The summed E-state index contributed by atoms with van der Waals surface area (Å²) < 4.78 is 7.71. The maximum Gasteiger partial charge on any atom is 0.119 e. The molecule has 4 heteroatoms. The molecular formula is C14H18N2O2. The first-order valence-electron chi connectivity index (χ1n) is 6.05. The Morgan fingerprint density at radius 2 is 2.28 bits per heavy atom. The van der Waals surface area contributed by atoms with Crippen LogP contribution in [0.1, 0.15) is 24.4 Å². The van der Waals surface area contributed by atoms with Crippen molar-refractivity contribution >= 4 is 0 Å². The highest BCUT2D eigenvalue weighted by atomic mass is 16.5. The van der Waals surface area contributed by atoms with Gasteiger partial charge in [0.1, 0.15) is 18.2 Å². The van der Waals surface area contributed by atoms with E-state index in [1.54, 1.807) is 13.1 Å². The van der Waals surface area contributed by atoms with Crippen molar-refractivity contribution in [3.05, 3.63) is 48.0 Å². The number of aliphatic hydroxyl groups is 1. The summed E-state index contributed by atoms with van der Waals surface area (Å²) >= 11 is 0. The normalized spacial score (nSPS) is 12.4. The van der Waals surface area contributed by atoms with Crippen LogP contribution < -0.4 is 4.74 Å². The van der Waals surface area contributed by atoms with Gasteiger partial charge in [0.2, 0.25) is 0 Å². The van der Waals surface area contributed by atoms with E-state index >= 15 is 0 Å². The molecule has 1 N–H and O–H groups in total. The van der Waals surface area contributed by atoms with E-state index in [4.69, 9.17) is 4.74 Å². The number of nitrogens with zero attached hydrogens (tertiary/aromatic N) is 2. The summed E-state index contributed by atoms with van der Waals surface area (Å²) in [6.45, 7) is 5.06. The number of aryl methyl sites for hydroxylation is 1. The number of aromatic nitrogens is 2. The molecule has 0 aliphatic rings. The van der Waals surface area contributed by atoms with Crippen LogP contribution >= 0.6 is 0 Å². The maximum absolute atomic E-state index is 9.49. The molecule has 2 rings (SSSR count). The van der Waals surface area contributed by atoms with Gasteiger partial charge < -0.3 is 14.4 Å². The fraction of sp³-hybridized carbons (Fsp3) is 0.357. The molecule has 1 heterocycles. The van der Waals surface area contributed by atoms with Crippen molar-refractivity contribution in [1.82, 2.24) is 9.55 Å². The quantitative estimate of drug-likeness (QED) is 0.880. The molecule has 0 saturated carbocycles. The molecule has 0 bridgehead atoms. The van der Waals surface area contributed by atoms with Gasteiger partial charge in [0.25, 0.3) is 0 Å². The lowest BCUT2D eigenvalue weighted by Gasteiger charge is -2.10. The van der Waals surface area contributed by atoms with E-state index in [2.05, 4.69) is 4.98 Å². The van der Waals surface area contributed by atoms with Gasteiger partial charge in [-0.15, -0.1) is 0 Å². The molecule has 1 aromatic carbocycles. The van der Waals surface area contributed by atoms with Crippen molar-refractivity contribution in [3.8, 4) is 5.75 Å². The molecule has 1 unspecified atom stereocenters. The van der Waals surface area contributed by atoms with Crippen molar-refractivity contribution in [2.75, 3.05) is 6.61 Å². The summed E-state index contributed by atoms with van der Waals surface area (Å²) in [5.41, 5.74) is 0.867. The molecule has 0 amide bonds. The number of imidazole rings is 1. The summed E-state index contributed by atoms with van der Waals surface area (Å²) in [4.78, 5) is 4.15. The molecule has 4 nitrogen and oxygen atoms in total. The molecule has 0 spiro atoms. The topological polar surface area (TPSA) is 47.3 Å². The van der Waals surface area contributed by atoms with Crippen molar-refractivity contribution < 1.29 is 9.84 Å². The van der Waals surface area contributed by atoms with Crippen molar-refractivity contribution in [2.24, 2.45) is 0 Å². The number of hydrogen-bond acceptors (Lipinski definition) is 3. The first-order valence-corrected chi connectivity index (χ1v) is 6.05. The predicted molar refractivity (Wildman–Crippen MR) is 69.5 cm³/mol. The Morgan fingerprint density at radius 1 is 1.44 bits per heavy atom. The van der Waals surface area contributed by atoms with Gasteiger partial charge >= 0.3 is 0 Å². The van der Waals surface area contributed by atoms with Crippen LogP contribution in [0.2, 0.25) is 0 Å². The first kappa shape index (κ1) is 12.6. The van der Waals surface area contributed by atoms with Crippen molar-refractivity contribution in [1.29, 1.82) is 0 Å². The number of benzene rings is 1. The van der Waals surface area contributed by atoms with E-state index in [9.17, 15) is 5.11 Å². The van der Waals surface area contributed by atoms with Crippen molar-refractivity contribution in [3.63, 3.8) is 0 Å². The van der Waals surface area contributed by atoms with Crippen LogP contribution in [0.15, 0.2) is 36.7 Å². The predicted octanol–water partition coefficient (Wildman–Crippen LogP) is 2.32. The Hall–Kier alpha value is -1.81. The Balaban J connectivity index is 1.90. The highest BCUT2D eigenvalue weighted by molar-refractivity contribution is 5.29. The Bertz CT molecular complexity index is 506. The van der Waals surface area contributed by atoms with Crippen LogP contribution in [0.25, 0.3) is 0 Å². The van der Waals surface area contributed by atoms with E-state index in [0.29, 0.717) is 6.61 Å². The number of hydrogen-bond donors (Lipinski definition) is 1. The van der Waals surface area contributed by atoms with E-state index in [0.717, 1.165) is 23.7 Å². The monoisotopic (exact) mass is 246 g/mol. The number of aliphatic hydroxyl groups excluding tert-OH is 1. The van der Waals surface area contributed by atoms with Crippen LogP contribution in [0.5, 0.6) is 5.75 Å². The minimum absolute atomic E-state index is 0.468. The smallest absolute Gasteiger partial charge is 0.119 e. The van der Waals surface area contributed by atoms with Gasteiger partial charge in [0, 0.05) is 12.4 Å². The molecule has 96 valence electrons. The Morgan fingerprint density at radius 3 is 2.94 bits per heavy atom. The van der Waals surface area contributed by atoms with Crippen LogP contribution in [-0.4, -0.2) is 21.3 Å².